The highest BCUT2D eigenvalue weighted by atomic mass is 16.3. The van der Waals surface area contributed by atoms with Gasteiger partial charge in [0.15, 0.2) is 0 Å². The summed E-state index contributed by atoms with van der Waals surface area (Å²) in [5.41, 5.74) is 1.84. The molecule has 2 nitrogen and oxygen atoms in total. The van der Waals surface area contributed by atoms with Crippen molar-refractivity contribution in [2.45, 2.75) is 13.2 Å². The van der Waals surface area contributed by atoms with Gasteiger partial charge >= 0.3 is 0 Å². The Morgan fingerprint density at radius 2 is 1.09 bits per heavy atom. The molecule has 0 bridgehead atoms. The number of fused-ring (bicyclic) bond motifs is 4. The second-order valence-corrected chi connectivity index (χ2v) is 5.69. The maximum absolute atomic E-state index is 9.38. The van der Waals surface area contributed by atoms with Gasteiger partial charge in [-0.15, -0.1) is 0 Å². The molecule has 2 heteroatoms. The highest BCUT2D eigenvalue weighted by Gasteiger charge is 2.05. The van der Waals surface area contributed by atoms with E-state index in [1.165, 1.54) is 21.5 Å². The van der Waals surface area contributed by atoms with Crippen LogP contribution in [0.4, 0.5) is 0 Å². The highest BCUT2D eigenvalue weighted by molar-refractivity contribution is 6.12. The molecule has 0 heterocycles. The molecule has 22 heavy (non-hydrogen) atoms. The molecule has 4 rings (SSSR count). The van der Waals surface area contributed by atoms with Gasteiger partial charge in [0, 0.05) is 0 Å². The third-order valence-corrected chi connectivity index (χ3v) is 4.29. The van der Waals surface area contributed by atoms with Crippen LogP contribution in [0.15, 0.2) is 60.7 Å². The van der Waals surface area contributed by atoms with Crippen LogP contribution in [0.25, 0.3) is 32.3 Å². The van der Waals surface area contributed by atoms with Crippen LogP contribution in [0, 0.1) is 0 Å². The first-order valence-electron chi connectivity index (χ1n) is 7.38. The zero-order valence-electron chi connectivity index (χ0n) is 12.1. The Labute approximate surface area is 128 Å². The topological polar surface area (TPSA) is 40.5 Å². The van der Waals surface area contributed by atoms with Crippen LogP contribution < -0.4 is 0 Å². The van der Waals surface area contributed by atoms with Gasteiger partial charge in [0.2, 0.25) is 0 Å². The summed E-state index contributed by atoms with van der Waals surface area (Å²) in [6.45, 7) is 0.104. The maximum atomic E-state index is 9.38. The number of aliphatic hydroxyl groups excluding tert-OH is 2. The monoisotopic (exact) mass is 288 g/mol. The summed E-state index contributed by atoms with van der Waals surface area (Å²) in [5.74, 6) is 0. The van der Waals surface area contributed by atoms with E-state index in [9.17, 15) is 10.2 Å². The van der Waals surface area contributed by atoms with Crippen LogP contribution in [-0.4, -0.2) is 10.2 Å². The fourth-order valence-corrected chi connectivity index (χ4v) is 3.09. The van der Waals surface area contributed by atoms with E-state index in [0.717, 1.165) is 21.9 Å². The molecule has 0 radical (unpaired) electrons. The molecule has 2 N–H and O–H groups in total. The minimum Gasteiger partial charge on any atom is -0.392 e. The van der Waals surface area contributed by atoms with E-state index in [-0.39, 0.29) is 13.2 Å². The van der Waals surface area contributed by atoms with Crippen molar-refractivity contribution < 1.29 is 10.2 Å². The minimum absolute atomic E-state index is 0.0502. The van der Waals surface area contributed by atoms with Crippen molar-refractivity contribution in [1.29, 1.82) is 0 Å². The molecule has 0 aliphatic rings. The molecule has 0 unspecified atom stereocenters. The smallest absolute Gasteiger partial charge is 0.0682 e. The lowest BCUT2D eigenvalue weighted by molar-refractivity contribution is 0.282. The van der Waals surface area contributed by atoms with Crippen LogP contribution in [0.5, 0.6) is 0 Å². The maximum Gasteiger partial charge on any atom is 0.0682 e. The van der Waals surface area contributed by atoms with Crippen molar-refractivity contribution in [2.24, 2.45) is 0 Å². The SMILES string of the molecule is OCc1ccc2cc3ccc4ccc(CO)cc4c3cc2c1. The zero-order valence-corrected chi connectivity index (χ0v) is 12.1. The fraction of sp³-hybridized carbons (Fsp3) is 0.100. The van der Waals surface area contributed by atoms with E-state index < -0.39 is 0 Å². The van der Waals surface area contributed by atoms with Crippen molar-refractivity contribution in [1.82, 2.24) is 0 Å². The van der Waals surface area contributed by atoms with Gasteiger partial charge in [-0.25, -0.2) is 0 Å². The summed E-state index contributed by atoms with van der Waals surface area (Å²) >= 11 is 0. The Bertz CT molecular complexity index is 996. The van der Waals surface area contributed by atoms with Gasteiger partial charge in [0.05, 0.1) is 13.2 Å². The largest absolute Gasteiger partial charge is 0.392 e. The van der Waals surface area contributed by atoms with Gasteiger partial charge in [-0.2, -0.15) is 0 Å². The van der Waals surface area contributed by atoms with E-state index in [1.54, 1.807) is 0 Å². The number of hydrogen-bond acceptors (Lipinski definition) is 2. The molecule has 0 aliphatic carbocycles. The quantitative estimate of drug-likeness (QED) is 0.430. The van der Waals surface area contributed by atoms with Crippen LogP contribution >= 0.6 is 0 Å². The Kier molecular flexibility index (Phi) is 3.07. The fourth-order valence-electron chi connectivity index (χ4n) is 3.09. The lowest BCUT2D eigenvalue weighted by atomic mass is 9.96. The average Bonchev–Trinajstić information content (AvgIpc) is 2.59. The molecular formula is C20H16O2. The summed E-state index contributed by atoms with van der Waals surface area (Å²) in [6, 6.07) is 20.7. The average molecular weight is 288 g/mol. The van der Waals surface area contributed by atoms with E-state index in [4.69, 9.17) is 0 Å². The van der Waals surface area contributed by atoms with Crippen LogP contribution in [0.2, 0.25) is 0 Å². The van der Waals surface area contributed by atoms with E-state index in [1.807, 2.05) is 18.2 Å². The lowest BCUT2D eigenvalue weighted by Gasteiger charge is -2.08. The Hall–Kier alpha value is -2.42. The predicted octanol–water partition coefficient (Wildman–Crippen LogP) is 4.13. The molecule has 0 aromatic heterocycles. The molecule has 0 atom stereocenters. The normalized spacial score (nSPS) is 11.5. The van der Waals surface area contributed by atoms with Crippen molar-refractivity contribution in [3.8, 4) is 0 Å². The molecule has 0 saturated carbocycles. The molecule has 4 aromatic carbocycles. The zero-order chi connectivity index (χ0) is 15.1. The first kappa shape index (κ1) is 13.3. The van der Waals surface area contributed by atoms with Crippen molar-refractivity contribution in [3.63, 3.8) is 0 Å². The van der Waals surface area contributed by atoms with Crippen molar-refractivity contribution in [2.75, 3.05) is 0 Å². The number of benzene rings is 4. The second kappa shape index (κ2) is 5.09. The summed E-state index contributed by atoms with van der Waals surface area (Å²) < 4.78 is 0. The summed E-state index contributed by atoms with van der Waals surface area (Å²) in [5, 5.41) is 25.7. The van der Waals surface area contributed by atoms with Gasteiger partial charge in [0.1, 0.15) is 0 Å². The lowest BCUT2D eigenvalue weighted by Crippen LogP contribution is -1.86. The van der Waals surface area contributed by atoms with E-state index >= 15 is 0 Å². The molecule has 0 fully saturated rings. The molecular weight excluding hydrogens is 272 g/mol. The van der Waals surface area contributed by atoms with Crippen molar-refractivity contribution >= 4 is 32.3 Å². The predicted molar refractivity (Wildman–Crippen MR) is 90.8 cm³/mol. The minimum atomic E-state index is 0.0502. The van der Waals surface area contributed by atoms with Gasteiger partial charge in [-0.05, 0) is 67.7 Å². The summed E-state index contributed by atoms with van der Waals surface area (Å²) in [6.07, 6.45) is 0. The Morgan fingerprint density at radius 1 is 0.500 bits per heavy atom. The van der Waals surface area contributed by atoms with Crippen molar-refractivity contribution in [3.05, 3.63) is 71.8 Å². The first-order chi connectivity index (χ1) is 10.8. The van der Waals surface area contributed by atoms with Gasteiger partial charge in [-0.3, -0.25) is 0 Å². The van der Waals surface area contributed by atoms with Gasteiger partial charge < -0.3 is 10.2 Å². The molecule has 4 aromatic rings. The van der Waals surface area contributed by atoms with Crippen LogP contribution in [0.1, 0.15) is 11.1 Å². The Morgan fingerprint density at radius 3 is 1.86 bits per heavy atom. The first-order valence-corrected chi connectivity index (χ1v) is 7.38. The van der Waals surface area contributed by atoms with Crippen LogP contribution in [0.3, 0.4) is 0 Å². The molecule has 0 spiro atoms. The molecule has 108 valence electrons. The summed E-state index contributed by atoms with van der Waals surface area (Å²) in [7, 11) is 0. The van der Waals surface area contributed by atoms with E-state index in [2.05, 4.69) is 42.5 Å². The summed E-state index contributed by atoms with van der Waals surface area (Å²) in [4.78, 5) is 0. The third kappa shape index (κ3) is 2.05. The number of rotatable bonds is 2. The number of hydrogen-bond donors (Lipinski definition) is 2. The highest BCUT2D eigenvalue weighted by Crippen LogP contribution is 2.30. The molecule has 0 saturated heterocycles. The van der Waals surface area contributed by atoms with Gasteiger partial charge in [0.25, 0.3) is 0 Å². The standard InChI is InChI=1S/C20H16O2/c21-11-13-2-4-16-9-17-6-5-15-3-1-14(12-22)8-19(15)20(17)10-18(16)7-13/h1-10,21-22H,11-12H2. The second-order valence-electron chi connectivity index (χ2n) is 5.69. The van der Waals surface area contributed by atoms with Gasteiger partial charge in [-0.1, -0.05) is 36.4 Å². The van der Waals surface area contributed by atoms with E-state index in [0.29, 0.717) is 0 Å². The molecule has 0 amide bonds. The number of aliphatic hydroxyl groups is 2. The third-order valence-electron chi connectivity index (χ3n) is 4.29. The van der Waals surface area contributed by atoms with Crippen LogP contribution in [-0.2, 0) is 13.2 Å². The Balaban J connectivity index is 2.11. The molecule has 0 aliphatic heterocycles.